The average molecular weight is 501 g/mol. The number of rotatable bonds is 7. The molecular formula is C26H30Cl2N4O2. The minimum atomic E-state index is -0.323. The minimum absolute atomic E-state index is 0.0990. The van der Waals surface area contributed by atoms with Crippen LogP contribution < -0.4 is 5.32 Å². The van der Waals surface area contributed by atoms with E-state index in [-0.39, 0.29) is 29.7 Å². The Kier molecular flexibility index (Phi) is 8.05. The fourth-order valence-corrected chi connectivity index (χ4v) is 3.78. The quantitative estimate of drug-likeness (QED) is 0.418. The molecule has 0 aliphatic carbocycles. The number of hydrogen-bond acceptors (Lipinski definition) is 3. The number of nitrogens with one attached hydrogen (secondary N) is 1. The number of halogens is 2. The van der Waals surface area contributed by atoms with Crippen LogP contribution in [0.1, 0.15) is 50.7 Å². The predicted molar refractivity (Wildman–Crippen MR) is 138 cm³/mol. The summed E-state index contributed by atoms with van der Waals surface area (Å²) >= 11 is 12.4. The molecule has 0 unspecified atom stereocenters. The number of anilines is 1. The van der Waals surface area contributed by atoms with Gasteiger partial charge < -0.3 is 10.2 Å². The largest absolute Gasteiger partial charge is 0.329 e. The second-order valence-corrected chi connectivity index (χ2v) is 10.5. The van der Waals surface area contributed by atoms with Gasteiger partial charge in [-0.25, -0.2) is 4.68 Å². The number of hydrogen-bond donors (Lipinski definition) is 1. The summed E-state index contributed by atoms with van der Waals surface area (Å²) in [6.45, 7) is 10.5. The molecule has 0 saturated heterocycles. The molecule has 34 heavy (non-hydrogen) atoms. The average Bonchev–Trinajstić information content (AvgIpc) is 3.17. The van der Waals surface area contributed by atoms with E-state index in [0.29, 0.717) is 33.7 Å². The Morgan fingerprint density at radius 1 is 1.06 bits per heavy atom. The van der Waals surface area contributed by atoms with Gasteiger partial charge in [-0.15, -0.1) is 0 Å². The first-order valence-corrected chi connectivity index (χ1v) is 11.9. The summed E-state index contributed by atoms with van der Waals surface area (Å²) < 4.78 is 1.63. The van der Waals surface area contributed by atoms with E-state index in [0.717, 1.165) is 5.69 Å². The van der Waals surface area contributed by atoms with Gasteiger partial charge >= 0.3 is 0 Å². The van der Waals surface area contributed by atoms with E-state index in [2.05, 4.69) is 5.32 Å². The van der Waals surface area contributed by atoms with Gasteiger partial charge in [-0.05, 0) is 42.3 Å². The lowest BCUT2D eigenvalue weighted by molar-refractivity contribution is -0.117. The maximum atomic E-state index is 13.1. The molecule has 2 aromatic carbocycles. The molecule has 1 heterocycles. The summed E-state index contributed by atoms with van der Waals surface area (Å²) in [5, 5.41) is 8.71. The van der Waals surface area contributed by atoms with E-state index < -0.39 is 0 Å². The van der Waals surface area contributed by atoms with Crippen molar-refractivity contribution < 1.29 is 9.59 Å². The monoisotopic (exact) mass is 500 g/mol. The van der Waals surface area contributed by atoms with Gasteiger partial charge in [0.25, 0.3) is 5.91 Å². The van der Waals surface area contributed by atoms with Crippen LogP contribution in [0.15, 0.2) is 54.6 Å². The van der Waals surface area contributed by atoms with Gasteiger partial charge in [-0.1, -0.05) is 70.0 Å². The highest BCUT2D eigenvalue weighted by molar-refractivity contribution is 6.32. The van der Waals surface area contributed by atoms with Crippen LogP contribution in [-0.2, 0) is 10.2 Å². The van der Waals surface area contributed by atoms with Crippen LogP contribution in [-0.4, -0.2) is 39.6 Å². The van der Waals surface area contributed by atoms with E-state index in [1.54, 1.807) is 39.9 Å². The van der Waals surface area contributed by atoms with E-state index in [1.165, 1.54) is 0 Å². The highest BCUT2D eigenvalue weighted by Gasteiger charge is 2.24. The van der Waals surface area contributed by atoms with Crippen molar-refractivity contribution in [3.8, 4) is 5.69 Å². The minimum Gasteiger partial charge on any atom is -0.329 e. The third kappa shape index (κ3) is 6.39. The molecule has 0 aliphatic rings. The number of benzene rings is 2. The molecule has 0 fully saturated rings. The molecule has 8 heteroatoms. The first-order valence-electron chi connectivity index (χ1n) is 11.2. The lowest BCUT2D eigenvalue weighted by atomic mass is 9.92. The Bertz CT molecular complexity index is 1160. The predicted octanol–water partition coefficient (Wildman–Crippen LogP) is 6.21. The van der Waals surface area contributed by atoms with E-state index in [4.69, 9.17) is 28.3 Å². The summed E-state index contributed by atoms with van der Waals surface area (Å²) in [7, 11) is 0. The molecule has 1 aromatic heterocycles. The number of aromatic nitrogens is 2. The standard InChI is InChI=1S/C26H30Cl2N4O2/c1-17(2)15-31(25(34)18-10-12-19(27)13-11-18)16-24(33)29-23-14-22(26(3,4)5)30-32(23)21-9-7-6-8-20(21)28/h6-14,17H,15-16H2,1-5H3,(H,29,33). The van der Waals surface area contributed by atoms with E-state index in [9.17, 15) is 9.59 Å². The van der Waals surface area contributed by atoms with Gasteiger partial charge in [0, 0.05) is 28.6 Å². The zero-order valence-electron chi connectivity index (χ0n) is 20.1. The number of carbonyl (C=O) groups is 2. The van der Waals surface area contributed by atoms with Crippen LogP contribution in [0.2, 0.25) is 10.0 Å². The highest BCUT2D eigenvalue weighted by Crippen LogP contribution is 2.29. The smallest absolute Gasteiger partial charge is 0.254 e. The molecule has 6 nitrogen and oxygen atoms in total. The zero-order valence-corrected chi connectivity index (χ0v) is 21.6. The molecule has 3 aromatic rings. The molecule has 0 aliphatic heterocycles. The fourth-order valence-electron chi connectivity index (χ4n) is 3.43. The van der Waals surface area contributed by atoms with E-state index >= 15 is 0 Å². The number of amides is 2. The van der Waals surface area contributed by atoms with Crippen LogP contribution in [0, 0.1) is 5.92 Å². The van der Waals surface area contributed by atoms with Gasteiger partial charge in [-0.2, -0.15) is 5.10 Å². The van der Waals surface area contributed by atoms with Crippen molar-refractivity contribution in [3.05, 3.63) is 75.9 Å². The summed E-state index contributed by atoms with van der Waals surface area (Å²) in [6, 6.07) is 15.8. The third-order valence-electron chi connectivity index (χ3n) is 5.12. The van der Waals surface area contributed by atoms with Crippen molar-refractivity contribution in [2.75, 3.05) is 18.4 Å². The van der Waals surface area contributed by atoms with Crippen molar-refractivity contribution in [1.82, 2.24) is 14.7 Å². The molecule has 0 spiro atoms. The number of nitrogens with zero attached hydrogens (tertiary/aromatic N) is 3. The van der Waals surface area contributed by atoms with Crippen LogP contribution in [0.4, 0.5) is 5.82 Å². The lowest BCUT2D eigenvalue weighted by Gasteiger charge is -2.24. The molecule has 0 radical (unpaired) electrons. The van der Waals surface area contributed by atoms with Crippen molar-refractivity contribution in [1.29, 1.82) is 0 Å². The van der Waals surface area contributed by atoms with Crippen molar-refractivity contribution >= 4 is 40.8 Å². The van der Waals surface area contributed by atoms with Gasteiger partial charge in [0.05, 0.1) is 16.4 Å². The molecule has 3 rings (SSSR count). The zero-order chi connectivity index (χ0) is 25.0. The molecule has 0 atom stereocenters. The molecule has 0 saturated carbocycles. The second-order valence-electron chi connectivity index (χ2n) is 9.66. The maximum absolute atomic E-state index is 13.1. The molecule has 1 N–H and O–H groups in total. The highest BCUT2D eigenvalue weighted by atomic mass is 35.5. The van der Waals surface area contributed by atoms with Crippen molar-refractivity contribution in [3.63, 3.8) is 0 Å². The summed E-state index contributed by atoms with van der Waals surface area (Å²) in [5.41, 5.74) is 1.71. The normalized spacial score (nSPS) is 11.5. The van der Waals surface area contributed by atoms with Crippen molar-refractivity contribution in [2.45, 2.75) is 40.0 Å². The van der Waals surface area contributed by atoms with Crippen LogP contribution >= 0.6 is 23.2 Å². The van der Waals surface area contributed by atoms with Gasteiger partial charge in [0.15, 0.2) is 0 Å². The first kappa shape index (κ1) is 25.8. The fraction of sp³-hybridized carbons (Fsp3) is 0.346. The Morgan fingerprint density at radius 2 is 1.71 bits per heavy atom. The molecule has 180 valence electrons. The van der Waals surface area contributed by atoms with Crippen LogP contribution in [0.5, 0.6) is 0 Å². The second kappa shape index (κ2) is 10.6. The molecule has 2 amide bonds. The number of carbonyl (C=O) groups excluding carboxylic acids is 2. The van der Waals surface area contributed by atoms with Crippen molar-refractivity contribution in [2.24, 2.45) is 5.92 Å². The Hall–Kier alpha value is -2.83. The third-order valence-corrected chi connectivity index (χ3v) is 5.70. The molecule has 0 bridgehead atoms. The first-order chi connectivity index (χ1) is 16.0. The lowest BCUT2D eigenvalue weighted by Crippen LogP contribution is -2.40. The van der Waals surface area contributed by atoms with Gasteiger partial charge in [-0.3, -0.25) is 9.59 Å². The molecular weight excluding hydrogens is 471 g/mol. The van der Waals surface area contributed by atoms with Gasteiger partial charge in [0.2, 0.25) is 5.91 Å². The summed E-state index contributed by atoms with van der Waals surface area (Å²) in [4.78, 5) is 27.8. The van der Waals surface area contributed by atoms with E-state index in [1.807, 2.05) is 58.9 Å². The summed E-state index contributed by atoms with van der Waals surface area (Å²) in [5.74, 6) is 0.129. The van der Waals surface area contributed by atoms with Crippen LogP contribution in [0.25, 0.3) is 5.69 Å². The maximum Gasteiger partial charge on any atom is 0.254 e. The number of para-hydroxylation sites is 1. The van der Waals surface area contributed by atoms with Crippen LogP contribution in [0.3, 0.4) is 0 Å². The topological polar surface area (TPSA) is 67.2 Å². The SMILES string of the molecule is CC(C)CN(CC(=O)Nc1cc(C(C)(C)C)nn1-c1ccccc1Cl)C(=O)c1ccc(Cl)cc1. The Morgan fingerprint density at radius 3 is 2.29 bits per heavy atom. The Balaban J connectivity index is 1.88. The Labute approximate surface area is 210 Å². The van der Waals surface area contributed by atoms with Gasteiger partial charge in [0.1, 0.15) is 12.4 Å². The summed E-state index contributed by atoms with van der Waals surface area (Å²) in [6.07, 6.45) is 0.